The molecule has 12 aromatic rings. The van der Waals surface area contributed by atoms with E-state index >= 15 is 0 Å². The lowest BCUT2D eigenvalue weighted by atomic mass is 9.92. The van der Waals surface area contributed by atoms with Gasteiger partial charge in [-0.1, -0.05) is 140 Å². The van der Waals surface area contributed by atoms with Gasteiger partial charge in [0.1, 0.15) is 33.5 Å². The Morgan fingerprint density at radius 2 is 0.789 bits per heavy atom. The van der Waals surface area contributed by atoms with Gasteiger partial charge < -0.3 is 13.3 Å². The number of hydrogen-bond donors (Lipinski definition) is 0. The second-order valence-corrected chi connectivity index (χ2v) is 14.3. The molecule has 266 valence electrons. The zero-order chi connectivity index (χ0) is 37.5. The van der Waals surface area contributed by atoms with Gasteiger partial charge in [0.15, 0.2) is 17.5 Å². The van der Waals surface area contributed by atoms with Gasteiger partial charge in [0.05, 0.1) is 0 Å². The Kier molecular flexibility index (Phi) is 6.83. The average Bonchev–Trinajstić information content (AvgIpc) is 3.98. The number of fused-ring (bicyclic) bond motifs is 9. The average molecular weight is 732 g/mol. The molecule has 4 aromatic heterocycles. The highest BCUT2D eigenvalue weighted by molar-refractivity contribution is 6.22. The molecule has 0 bridgehead atoms. The van der Waals surface area contributed by atoms with E-state index in [-0.39, 0.29) is 0 Å². The van der Waals surface area contributed by atoms with Crippen LogP contribution in [0.5, 0.6) is 0 Å². The first-order valence-electron chi connectivity index (χ1n) is 18.9. The van der Waals surface area contributed by atoms with E-state index in [0.717, 1.165) is 105 Å². The Morgan fingerprint density at radius 3 is 1.53 bits per heavy atom. The van der Waals surface area contributed by atoms with Crippen LogP contribution in [0.2, 0.25) is 0 Å². The molecule has 0 aliphatic carbocycles. The molecule has 0 N–H and O–H groups in total. The molecule has 0 atom stereocenters. The Hall–Kier alpha value is -7.83. The topological polar surface area (TPSA) is 78.1 Å². The molecular formula is C51H29N3O3. The fourth-order valence-electron chi connectivity index (χ4n) is 8.35. The van der Waals surface area contributed by atoms with Gasteiger partial charge in [-0.25, -0.2) is 15.0 Å². The van der Waals surface area contributed by atoms with E-state index < -0.39 is 0 Å². The predicted octanol–water partition coefficient (Wildman–Crippen LogP) is 13.9. The third-order valence-electron chi connectivity index (χ3n) is 11.0. The van der Waals surface area contributed by atoms with Crippen LogP contribution >= 0.6 is 0 Å². The molecule has 12 rings (SSSR count). The summed E-state index contributed by atoms with van der Waals surface area (Å²) in [5, 5.41) is 6.27. The van der Waals surface area contributed by atoms with Crippen LogP contribution in [-0.4, -0.2) is 15.0 Å². The summed E-state index contributed by atoms with van der Waals surface area (Å²) in [5.41, 5.74) is 11.7. The highest BCUT2D eigenvalue weighted by atomic mass is 16.3. The quantitative estimate of drug-likeness (QED) is 0.175. The van der Waals surface area contributed by atoms with Crippen molar-refractivity contribution in [1.29, 1.82) is 0 Å². The summed E-state index contributed by atoms with van der Waals surface area (Å²) in [6, 6.07) is 59.7. The predicted molar refractivity (Wildman–Crippen MR) is 229 cm³/mol. The molecule has 0 saturated carbocycles. The maximum absolute atomic E-state index is 6.86. The summed E-state index contributed by atoms with van der Waals surface area (Å²) in [4.78, 5) is 14.8. The van der Waals surface area contributed by atoms with E-state index in [0.29, 0.717) is 17.5 Å². The minimum atomic E-state index is 0.577. The van der Waals surface area contributed by atoms with E-state index in [1.54, 1.807) is 0 Å². The molecular weight excluding hydrogens is 703 g/mol. The number of hydrogen-bond acceptors (Lipinski definition) is 6. The van der Waals surface area contributed by atoms with Gasteiger partial charge in [-0.15, -0.1) is 0 Å². The van der Waals surface area contributed by atoms with Gasteiger partial charge in [-0.3, -0.25) is 0 Å². The lowest BCUT2D eigenvalue weighted by Crippen LogP contribution is -2.00. The standard InChI is InChI=1S/C51H29N3O3/c1-3-13-30(14-4-1)49-52-50(31-15-5-2-6-16-31)54-51(53-49)32-25-26-33-36-20-11-21-37(47(36)57-44(33)29-32)35-27-28-38(48-46(35)40-18-8-10-23-42(40)56-48)34-19-12-24-43-45(34)39-17-7-9-22-41(39)55-43/h1-29H. The summed E-state index contributed by atoms with van der Waals surface area (Å²) in [5.74, 6) is 1.81. The number of para-hydroxylation sites is 3. The minimum Gasteiger partial charge on any atom is -0.456 e. The number of furan rings is 3. The summed E-state index contributed by atoms with van der Waals surface area (Å²) in [7, 11) is 0. The van der Waals surface area contributed by atoms with Gasteiger partial charge in [0.2, 0.25) is 0 Å². The van der Waals surface area contributed by atoms with E-state index in [1.165, 1.54) is 0 Å². The third kappa shape index (κ3) is 4.94. The Balaban J connectivity index is 1.05. The van der Waals surface area contributed by atoms with Crippen molar-refractivity contribution in [3.05, 3.63) is 176 Å². The molecule has 0 aliphatic rings. The van der Waals surface area contributed by atoms with Crippen molar-refractivity contribution < 1.29 is 13.3 Å². The van der Waals surface area contributed by atoms with Gasteiger partial charge in [0, 0.05) is 60.1 Å². The third-order valence-corrected chi connectivity index (χ3v) is 11.0. The molecule has 0 radical (unpaired) electrons. The zero-order valence-corrected chi connectivity index (χ0v) is 30.3. The van der Waals surface area contributed by atoms with Crippen molar-refractivity contribution in [2.24, 2.45) is 0 Å². The van der Waals surface area contributed by atoms with Crippen molar-refractivity contribution in [2.75, 3.05) is 0 Å². The van der Waals surface area contributed by atoms with Crippen LogP contribution in [0, 0.1) is 0 Å². The van der Waals surface area contributed by atoms with Crippen LogP contribution in [-0.2, 0) is 0 Å². The van der Waals surface area contributed by atoms with Crippen LogP contribution in [0.3, 0.4) is 0 Å². The van der Waals surface area contributed by atoms with Crippen LogP contribution in [0.15, 0.2) is 189 Å². The Labute approximate surface area is 325 Å². The zero-order valence-electron chi connectivity index (χ0n) is 30.3. The first kappa shape index (κ1) is 31.5. The second-order valence-electron chi connectivity index (χ2n) is 14.3. The maximum Gasteiger partial charge on any atom is 0.164 e. The second kappa shape index (κ2) is 12.3. The van der Waals surface area contributed by atoms with Crippen molar-refractivity contribution in [3.63, 3.8) is 0 Å². The molecule has 0 spiro atoms. The molecule has 8 aromatic carbocycles. The largest absolute Gasteiger partial charge is 0.456 e. The van der Waals surface area contributed by atoms with Gasteiger partial charge in [-0.2, -0.15) is 0 Å². The summed E-state index contributed by atoms with van der Waals surface area (Å²) in [6.45, 7) is 0. The monoisotopic (exact) mass is 731 g/mol. The molecule has 6 nitrogen and oxygen atoms in total. The van der Waals surface area contributed by atoms with E-state index in [1.807, 2.05) is 103 Å². The fraction of sp³-hybridized carbons (Fsp3) is 0. The SMILES string of the molecule is c1ccc(-c2nc(-c3ccccc3)nc(-c3ccc4c(c3)oc3c(-c5ccc(-c6cccc7oc8ccccc8c67)c6oc7ccccc7c56)cccc34)n2)cc1. The molecule has 0 saturated heterocycles. The molecule has 4 heterocycles. The van der Waals surface area contributed by atoms with E-state index in [2.05, 4.69) is 72.8 Å². The van der Waals surface area contributed by atoms with Crippen molar-refractivity contribution in [2.45, 2.75) is 0 Å². The fourth-order valence-corrected chi connectivity index (χ4v) is 8.35. The van der Waals surface area contributed by atoms with Crippen LogP contribution in [0.1, 0.15) is 0 Å². The number of rotatable bonds is 5. The Bertz CT molecular complexity index is 3470. The molecule has 57 heavy (non-hydrogen) atoms. The number of aromatic nitrogens is 3. The van der Waals surface area contributed by atoms with Crippen LogP contribution < -0.4 is 0 Å². The van der Waals surface area contributed by atoms with Gasteiger partial charge in [-0.05, 0) is 47.5 Å². The van der Waals surface area contributed by atoms with Crippen molar-refractivity contribution in [1.82, 2.24) is 15.0 Å². The summed E-state index contributed by atoms with van der Waals surface area (Å²) in [6.07, 6.45) is 0. The normalized spacial score (nSPS) is 11.9. The lowest BCUT2D eigenvalue weighted by molar-refractivity contribution is 0.668. The van der Waals surface area contributed by atoms with Gasteiger partial charge >= 0.3 is 0 Å². The highest BCUT2D eigenvalue weighted by Gasteiger charge is 2.23. The number of nitrogens with zero attached hydrogens (tertiary/aromatic N) is 3. The molecule has 6 heteroatoms. The molecule has 0 fully saturated rings. The maximum atomic E-state index is 6.86. The number of benzene rings is 8. The van der Waals surface area contributed by atoms with Crippen molar-refractivity contribution in [3.8, 4) is 56.4 Å². The van der Waals surface area contributed by atoms with E-state index in [9.17, 15) is 0 Å². The minimum absolute atomic E-state index is 0.577. The molecule has 0 amide bonds. The summed E-state index contributed by atoms with van der Waals surface area (Å²) < 4.78 is 19.9. The highest BCUT2D eigenvalue weighted by Crippen LogP contribution is 2.47. The van der Waals surface area contributed by atoms with Crippen molar-refractivity contribution >= 4 is 65.8 Å². The first-order chi connectivity index (χ1) is 28.2. The van der Waals surface area contributed by atoms with Crippen LogP contribution in [0.25, 0.3) is 122 Å². The Morgan fingerprint density at radius 1 is 0.281 bits per heavy atom. The molecule has 0 aliphatic heterocycles. The van der Waals surface area contributed by atoms with Crippen LogP contribution in [0.4, 0.5) is 0 Å². The first-order valence-corrected chi connectivity index (χ1v) is 18.9. The summed E-state index contributed by atoms with van der Waals surface area (Å²) >= 11 is 0. The smallest absolute Gasteiger partial charge is 0.164 e. The lowest BCUT2D eigenvalue weighted by Gasteiger charge is -2.10. The van der Waals surface area contributed by atoms with Gasteiger partial charge in [0.25, 0.3) is 0 Å². The molecule has 0 unspecified atom stereocenters. The van der Waals surface area contributed by atoms with E-state index in [4.69, 9.17) is 28.2 Å².